The molecule has 1 atom stereocenters. The molecule has 1 heterocycles. The lowest BCUT2D eigenvalue weighted by Crippen LogP contribution is -2.43. The molecule has 1 aliphatic heterocycles. The van der Waals surface area contributed by atoms with Crippen LogP contribution in [0, 0.1) is 5.82 Å². The Kier molecular flexibility index (Phi) is 5.81. The molecule has 0 aromatic heterocycles. The van der Waals surface area contributed by atoms with E-state index in [-0.39, 0.29) is 36.6 Å². The second kappa shape index (κ2) is 7.82. The standard InChI is InChI=1S/C16H20FN3O3/c1-11(10-23-2)18-16(22)14-7-8-15(21)20(19-14)9-12-3-5-13(17)6-4-12/h3-6,11H,7-10H2,1-2H3,(H,18,22)/t11-/m0/s1. The Morgan fingerprint density at radius 2 is 2.09 bits per heavy atom. The monoisotopic (exact) mass is 321 g/mol. The van der Waals surface area contributed by atoms with Gasteiger partial charge in [0.15, 0.2) is 0 Å². The molecule has 0 fully saturated rings. The van der Waals surface area contributed by atoms with Crippen molar-refractivity contribution in [1.29, 1.82) is 0 Å². The predicted molar refractivity (Wildman–Crippen MR) is 83.1 cm³/mol. The zero-order valence-corrected chi connectivity index (χ0v) is 13.2. The zero-order valence-electron chi connectivity index (χ0n) is 13.2. The SMILES string of the molecule is COC[C@H](C)NC(=O)C1=NN(Cc2ccc(F)cc2)C(=O)CC1. The summed E-state index contributed by atoms with van der Waals surface area (Å²) in [4.78, 5) is 24.1. The zero-order chi connectivity index (χ0) is 16.8. The van der Waals surface area contributed by atoms with Crippen molar-refractivity contribution in [2.75, 3.05) is 13.7 Å². The number of amides is 2. The summed E-state index contributed by atoms with van der Waals surface area (Å²) in [6, 6.07) is 5.69. The van der Waals surface area contributed by atoms with E-state index in [1.54, 1.807) is 19.2 Å². The molecular formula is C16H20FN3O3. The summed E-state index contributed by atoms with van der Waals surface area (Å²) >= 11 is 0. The number of hydrazone groups is 1. The molecule has 0 unspecified atom stereocenters. The van der Waals surface area contributed by atoms with Crippen molar-refractivity contribution < 1.29 is 18.7 Å². The molecule has 0 saturated carbocycles. The van der Waals surface area contributed by atoms with E-state index in [1.165, 1.54) is 17.1 Å². The van der Waals surface area contributed by atoms with Gasteiger partial charge >= 0.3 is 0 Å². The van der Waals surface area contributed by atoms with E-state index in [4.69, 9.17) is 4.74 Å². The first-order valence-electron chi connectivity index (χ1n) is 7.41. The lowest BCUT2D eigenvalue weighted by atomic mass is 10.1. The van der Waals surface area contributed by atoms with Crippen molar-refractivity contribution in [3.63, 3.8) is 0 Å². The summed E-state index contributed by atoms with van der Waals surface area (Å²) in [7, 11) is 1.56. The normalized spacial score (nSPS) is 16.0. The van der Waals surface area contributed by atoms with Gasteiger partial charge in [0.1, 0.15) is 11.5 Å². The van der Waals surface area contributed by atoms with Crippen LogP contribution in [0.15, 0.2) is 29.4 Å². The highest BCUT2D eigenvalue weighted by molar-refractivity contribution is 6.39. The van der Waals surface area contributed by atoms with Gasteiger partial charge in [0, 0.05) is 26.0 Å². The number of nitrogens with zero attached hydrogens (tertiary/aromatic N) is 2. The van der Waals surface area contributed by atoms with Crippen molar-refractivity contribution in [2.45, 2.75) is 32.4 Å². The lowest BCUT2D eigenvalue weighted by Gasteiger charge is -2.24. The van der Waals surface area contributed by atoms with Gasteiger partial charge in [0.2, 0.25) is 5.91 Å². The quantitative estimate of drug-likeness (QED) is 0.862. The number of benzene rings is 1. The topological polar surface area (TPSA) is 71.0 Å². The fourth-order valence-electron chi connectivity index (χ4n) is 2.25. The first kappa shape index (κ1) is 17.1. The van der Waals surface area contributed by atoms with Crippen LogP contribution in [-0.4, -0.2) is 42.3 Å². The van der Waals surface area contributed by atoms with E-state index >= 15 is 0 Å². The Morgan fingerprint density at radius 3 is 2.74 bits per heavy atom. The highest BCUT2D eigenvalue weighted by Gasteiger charge is 2.25. The lowest BCUT2D eigenvalue weighted by molar-refractivity contribution is -0.132. The predicted octanol–water partition coefficient (Wildman–Crippen LogP) is 1.46. The molecule has 1 aliphatic rings. The molecule has 7 heteroatoms. The molecule has 2 amide bonds. The van der Waals surface area contributed by atoms with Crippen LogP contribution in [0.4, 0.5) is 4.39 Å². The average Bonchev–Trinajstić information content (AvgIpc) is 2.51. The number of nitrogens with one attached hydrogen (secondary N) is 1. The second-order valence-corrected chi connectivity index (χ2v) is 5.45. The van der Waals surface area contributed by atoms with Gasteiger partial charge in [-0.15, -0.1) is 0 Å². The van der Waals surface area contributed by atoms with E-state index < -0.39 is 0 Å². The first-order chi connectivity index (χ1) is 11.0. The number of hydrogen-bond donors (Lipinski definition) is 1. The minimum Gasteiger partial charge on any atom is -0.383 e. The van der Waals surface area contributed by atoms with Crippen molar-refractivity contribution in [1.82, 2.24) is 10.3 Å². The minimum atomic E-state index is -0.339. The summed E-state index contributed by atoms with van der Waals surface area (Å²) in [5, 5.41) is 8.18. The van der Waals surface area contributed by atoms with Gasteiger partial charge in [-0.2, -0.15) is 5.10 Å². The Morgan fingerprint density at radius 1 is 1.39 bits per heavy atom. The van der Waals surface area contributed by atoms with Crippen LogP contribution in [0.25, 0.3) is 0 Å². The molecule has 1 aromatic carbocycles. The maximum atomic E-state index is 12.9. The van der Waals surface area contributed by atoms with Crippen LogP contribution in [0.1, 0.15) is 25.3 Å². The highest BCUT2D eigenvalue weighted by atomic mass is 19.1. The van der Waals surface area contributed by atoms with Crippen molar-refractivity contribution in [3.8, 4) is 0 Å². The Bertz CT molecular complexity index is 601. The van der Waals surface area contributed by atoms with Gasteiger partial charge in [-0.3, -0.25) is 9.59 Å². The Hall–Kier alpha value is -2.28. The number of carbonyl (C=O) groups is 2. The van der Waals surface area contributed by atoms with Crippen LogP contribution in [0.2, 0.25) is 0 Å². The molecule has 6 nitrogen and oxygen atoms in total. The average molecular weight is 321 g/mol. The summed E-state index contributed by atoms with van der Waals surface area (Å²) in [5.74, 6) is -0.795. The van der Waals surface area contributed by atoms with E-state index in [2.05, 4.69) is 10.4 Å². The smallest absolute Gasteiger partial charge is 0.267 e. The third kappa shape index (κ3) is 4.85. The molecule has 0 radical (unpaired) electrons. The van der Waals surface area contributed by atoms with E-state index in [0.717, 1.165) is 5.56 Å². The van der Waals surface area contributed by atoms with Crippen LogP contribution >= 0.6 is 0 Å². The highest BCUT2D eigenvalue weighted by Crippen LogP contribution is 2.14. The molecule has 2 rings (SSSR count). The number of rotatable bonds is 6. The van der Waals surface area contributed by atoms with Gasteiger partial charge in [-0.05, 0) is 24.6 Å². The third-order valence-corrected chi connectivity index (χ3v) is 3.41. The van der Waals surface area contributed by atoms with Gasteiger partial charge in [-0.25, -0.2) is 9.40 Å². The van der Waals surface area contributed by atoms with Gasteiger partial charge in [0.25, 0.3) is 5.91 Å². The molecule has 1 aromatic rings. The van der Waals surface area contributed by atoms with E-state index in [9.17, 15) is 14.0 Å². The first-order valence-corrected chi connectivity index (χ1v) is 7.41. The number of ether oxygens (including phenoxy) is 1. The molecule has 0 spiro atoms. The van der Waals surface area contributed by atoms with Gasteiger partial charge in [-0.1, -0.05) is 12.1 Å². The molecule has 1 N–H and O–H groups in total. The fraction of sp³-hybridized carbons (Fsp3) is 0.438. The largest absolute Gasteiger partial charge is 0.383 e. The van der Waals surface area contributed by atoms with E-state index in [0.29, 0.717) is 18.7 Å². The summed E-state index contributed by atoms with van der Waals surface area (Å²) in [5.41, 5.74) is 1.06. The molecule has 124 valence electrons. The summed E-state index contributed by atoms with van der Waals surface area (Å²) < 4.78 is 17.9. The molecule has 23 heavy (non-hydrogen) atoms. The number of carbonyl (C=O) groups excluding carboxylic acids is 2. The van der Waals surface area contributed by atoms with Crippen molar-refractivity contribution >= 4 is 17.5 Å². The van der Waals surface area contributed by atoms with Crippen LogP contribution < -0.4 is 5.32 Å². The number of methoxy groups -OCH3 is 1. The van der Waals surface area contributed by atoms with E-state index in [1.807, 2.05) is 6.92 Å². The fourth-order valence-corrected chi connectivity index (χ4v) is 2.25. The Labute approximate surface area is 134 Å². The maximum Gasteiger partial charge on any atom is 0.267 e. The van der Waals surface area contributed by atoms with Gasteiger partial charge in [0.05, 0.1) is 13.2 Å². The maximum absolute atomic E-state index is 12.9. The molecular weight excluding hydrogens is 301 g/mol. The second-order valence-electron chi connectivity index (χ2n) is 5.45. The van der Waals surface area contributed by atoms with Crippen molar-refractivity contribution in [3.05, 3.63) is 35.6 Å². The summed E-state index contributed by atoms with van der Waals surface area (Å²) in [6.45, 7) is 2.44. The third-order valence-electron chi connectivity index (χ3n) is 3.41. The Balaban J connectivity index is 2.05. The van der Waals surface area contributed by atoms with Crippen LogP contribution in [0.5, 0.6) is 0 Å². The minimum absolute atomic E-state index is 0.140. The van der Waals surface area contributed by atoms with Crippen molar-refractivity contribution in [2.24, 2.45) is 5.10 Å². The number of hydrogen-bond acceptors (Lipinski definition) is 4. The summed E-state index contributed by atoms with van der Waals surface area (Å²) in [6.07, 6.45) is 0.538. The van der Waals surface area contributed by atoms with Crippen LogP contribution in [0.3, 0.4) is 0 Å². The van der Waals surface area contributed by atoms with Crippen LogP contribution in [-0.2, 0) is 20.9 Å². The molecule has 0 saturated heterocycles. The molecule has 0 bridgehead atoms. The number of halogens is 1. The van der Waals surface area contributed by atoms with Gasteiger partial charge < -0.3 is 10.1 Å². The molecule has 0 aliphatic carbocycles.